The molecule has 0 bridgehead atoms. The van der Waals surface area contributed by atoms with Crippen molar-refractivity contribution in [3.05, 3.63) is 59.9 Å². The van der Waals surface area contributed by atoms with Gasteiger partial charge in [0, 0.05) is 24.9 Å². The van der Waals surface area contributed by atoms with Crippen molar-refractivity contribution in [2.45, 2.75) is 31.5 Å². The van der Waals surface area contributed by atoms with Gasteiger partial charge in [0.25, 0.3) is 5.78 Å². The Morgan fingerprint density at radius 1 is 1.13 bits per heavy atom. The maximum absolute atomic E-state index is 13.0. The Bertz CT molecular complexity index is 983. The smallest absolute Gasteiger partial charge is 0.475 e. The van der Waals surface area contributed by atoms with Crippen LogP contribution < -0.4 is 0 Å². The summed E-state index contributed by atoms with van der Waals surface area (Å²) in [4.78, 5) is 15.5. The lowest BCUT2D eigenvalue weighted by Gasteiger charge is -2.31. The largest absolute Gasteiger partial charge is 0.490 e. The van der Waals surface area contributed by atoms with Gasteiger partial charge in [-0.3, -0.25) is 9.30 Å². The van der Waals surface area contributed by atoms with Gasteiger partial charge in [-0.05, 0) is 49.7 Å². The lowest BCUT2D eigenvalue weighted by molar-refractivity contribution is -0.192. The van der Waals surface area contributed by atoms with E-state index in [1.807, 2.05) is 28.8 Å². The van der Waals surface area contributed by atoms with Crippen molar-refractivity contribution in [2.24, 2.45) is 0 Å². The number of fused-ring (bicyclic) bond motifs is 1. The number of benzene rings is 1. The first-order valence-electron chi connectivity index (χ1n) is 9.16. The lowest BCUT2D eigenvalue weighted by atomic mass is 9.95. The van der Waals surface area contributed by atoms with Gasteiger partial charge in [0.1, 0.15) is 11.6 Å². The van der Waals surface area contributed by atoms with E-state index in [0.29, 0.717) is 11.7 Å². The molecule has 3 heterocycles. The lowest BCUT2D eigenvalue weighted by Crippen LogP contribution is -2.33. The van der Waals surface area contributed by atoms with Crippen molar-refractivity contribution in [1.29, 1.82) is 0 Å². The maximum atomic E-state index is 13.0. The molecule has 0 unspecified atom stereocenters. The zero-order chi connectivity index (χ0) is 21.7. The second-order valence-corrected chi connectivity index (χ2v) is 6.83. The average Bonchev–Trinajstić information content (AvgIpc) is 3.14. The molecule has 3 aromatic rings. The van der Waals surface area contributed by atoms with Crippen molar-refractivity contribution < 1.29 is 27.5 Å². The van der Waals surface area contributed by atoms with Crippen molar-refractivity contribution in [2.75, 3.05) is 13.1 Å². The summed E-state index contributed by atoms with van der Waals surface area (Å²) in [5, 5.41) is 15.6. The van der Waals surface area contributed by atoms with Gasteiger partial charge in [0.15, 0.2) is 0 Å². The van der Waals surface area contributed by atoms with Gasteiger partial charge in [-0.15, -0.1) is 10.2 Å². The monoisotopic (exact) mass is 425 g/mol. The Labute approximate surface area is 169 Å². The first-order chi connectivity index (χ1) is 14.2. The summed E-state index contributed by atoms with van der Waals surface area (Å²) in [6.07, 6.45) is 0.732. The molecule has 1 aromatic carbocycles. The van der Waals surface area contributed by atoms with E-state index in [4.69, 9.17) is 9.90 Å². The van der Waals surface area contributed by atoms with Crippen molar-refractivity contribution >= 4 is 11.7 Å². The van der Waals surface area contributed by atoms with Gasteiger partial charge in [0.2, 0.25) is 0 Å². The molecule has 11 heteroatoms. The van der Waals surface area contributed by atoms with E-state index in [-0.39, 0.29) is 5.82 Å². The molecule has 30 heavy (non-hydrogen) atoms. The highest BCUT2D eigenvalue weighted by Crippen LogP contribution is 2.27. The highest BCUT2D eigenvalue weighted by atomic mass is 19.4. The van der Waals surface area contributed by atoms with Gasteiger partial charge in [0.05, 0.1) is 0 Å². The van der Waals surface area contributed by atoms with Crippen LogP contribution in [-0.2, 0) is 11.3 Å². The molecule has 4 rings (SSSR count). The Morgan fingerprint density at radius 3 is 2.37 bits per heavy atom. The van der Waals surface area contributed by atoms with E-state index in [1.165, 1.54) is 12.1 Å². The molecule has 0 aliphatic carbocycles. The first-order valence-corrected chi connectivity index (χ1v) is 9.16. The number of carboxylic acid groups (broad SMARTS) is 1. The van der Waals surface area contributed by atoms with E-state index in [1.54, 1.807) is 6.20 Å². The van der Waals surface area contributed by atoms with E-state index in [2.05, 4.69) is 20.1 Å². The number of aromatic nitrogens is 4. The number of piperidine rings is 1. The fraction of sp³-hybridized carbons (Fsp3) is 0.368. The summed E-state index contributed by atoms with van der Waals surface area (Å²) in [5.74, 6) is -0.850. The van der Waals surface area contributed by atoms with Crippen LogP contribution in [0, 0.1) is 5.82 Å². The first kappa shape index (κ1) is 21.6. The second-order valence-electron chi connectivity index (χ2n) is 6.83. The number of hydrogen-bond acceptors (Lipinski definition) is 5. The molecule has 0 atom stereocenters. The number of nitrogens with zero attached hydrogens (tertiary/aromatic N) is 5. The van der Waals surface area contributed by atoms with Crippen molar-refractivity contribution in [1.82, 2.24) is 24.5 Å². The van der Waals surface area contributed by atoms with Crippen LogP contribution in [0.3, 0.4) is 0 Å². The standard InChI is InChI=1S/C17H18FN5.C2HF3O2/c18-15-4-2-13(3-5-15)12-22-10-6-14(7-11-22)16-20-21-17-19-8-1-9-23(16)17;3-2(4,5)1(6)7/h1-5,8-9,14H,6-7,10-12H2;(H,6,7). The molecule has 1 N–H and O–H groups in total. The molecule has 0 saturated carbocycles. The summed E-state index contributed by atoms with van der Waals surface area (Å²) in [6, 6.07) is 8.68. The third kappa shape index (κ3) is 5.50. The Hall–Kier alpha value is -3.08. The van der Waals surface area contributed by atoms with Gasteiger partial charge in [-0.1, -0.05) is 12.1 Å². The minimum atomic E-state index is -5.08. The Morgan fingerprint density at radius 2 is 1.77 bits per heavy atom. The molecule has 0 radical (unpaired) electrons. The van der Waals surface area contributed by atoms with E-state index in [9.17, 15) is 17.6 Å². The average molecular weight is 425 g/mol. The predicted octanol–water partition coefficient (Wildman–Crippen LogP) is 3.28. The Kier molecular flexibility index (Phi) is 6.60. The number of carbonyl (C=O) groups is 1. The summed E-state index contributed by atoms with van der Waals surface area (Å²) in [7, 11) is 0. The third-order valence-electron chi connectivity index (χ3n) is 4.73. The normalized spacial score (nSPS) is 15.6. The zero-order valence-electron chi connectivity index (χ0n) is 15.8. The number of halogens is 4. The molecular formula is C19H19F4N5O2. The predicted molar refractivity (Wildman–Crippen MR) is 98.1 cm³/mol. The van der Waals surface area contributed by atoms with Crippen LogP contribution in [0.1, 0.15) is 30.1 Å². The van der Waals surface area contributed by atoms with Crippen LogP contribution >= 0.6 is 0 Å². The molecule has 1 fully saturated rings. The molecule has 7 nitrogen and oxygen atoms in total. The number of rotatable bonds is 3. The highest BCUT2D eigenvalue weighted by molar-refractivity contribution is 5.73. The minimum Gasteiger partial charge on any atom is -0.475 e. The van der Waals surface area contributed by atoms with Crippen LogP contribution in [0.5, 0.6) is 0 Å². The third-order valence-corrected chi connectivity index (χ3v) is 4.73. The highest BCUT2D eigenvalue weighted by Gasteiger charge is 2.38. The van der Waals surface area contributed by atoms with E-state index in [0.717, 1.165) is 43.9 Å². The maximum Gasteiger partial charge on any atom is 0.490 e. The molecule has 0 spiro atoms. The molecule has 0 amide bonds. The van der Waals surface area contributed by atoms with Crippen molar-refractivity contribution in [3.8, 4) is 0 Å². The summed E-state index contributed by atoms with van der Waals surface area (Å²) in [6.45, 7) is 2.89. The van der Waals surface area contributed by atoms with E-state index < -0.39 is 12.1 Å². The molecule has 160 valence electrons. The summed E-state index contributed by atoms with van der Waals surface area (Å²) < 4.78 is 46.7. The number of alkyl halides is 3. The zero-order valence-corrected chi connectivity index (χ0v) is 15.8. The van der Waals surface area contributed by atoms with Crippen LogP contribution in [0.15, 0.2) is 42.7 Å². The molecule has 1 aliphatic rings. The summed E-state index contributed by atoms with van der Waals surface area (Å²) in [5.41, 5.74) is 1.15. The minimum absolute atomic E-state index is 0.181. The van der Waals surface area contributed by atoms with Crippen LogP contribution in [0.2, 0.25) is 0 Å². The molecule has 1 saturated heterocycles. The second kappa shape index (κ2) is 9.16. The van der Waals surface area contributed by atoms with E-state index >= 15 is 0 Å². The number of hydrogen-bond donors (Lipinski definition) is 1. The van der Waals surface area contributed by atoms with Gasteiger partial charge < -0.3 is 5.11 Å². The van der Waals surface area contributed by atoms with Crippen molar-refractivity contribution in [3.63, 3.8) is 0 Å². The fourth-order valence-electron chi connectivity index (χ4n) is 3.24. The van der Waals surface area contributed by atoms with Gasteiger partial charge in [-0.25, -0.2) is 14.2 Å². The molecule has 1 aliphatic heterocycles. The molecular weight excluding hydrogens is 406 g/mol. The number of carboxylic acids is 1. The van der Waals surface area contributed by atoms with Crippen LogP contribution in [0.4, 0.5) is 17.6 Å². The SMILES string of the molecule is Fc1ccc(CN2CCC(c3nnc4ncccn34)CC2)cc1.O=C(O)C(F)(F)F. The van der Waals surface area contributed by atoms with Crippen LogP contribution in [0.25, 0.3) is 5.78 Å². The van der Waals surface area contributed by atoms with Gasteiger partial charge in [-0.2, -0.15) is 13.2 Å². The number of aliphatic carboxylic acids is 1. The Balaban J connectivity index is 0.000000318. The topological polar surface area (TPSA) is 83.6 Å². The van der Waals surface area contributed by atoms with Crippen LogP contribution in [-0.4, -0.2) is 54.8 Å². The number of likely N-dealkylation sites (tertiary alicyclic amines) is 1. The van der Waals surface area contributed by atoms with Gasteiger partial charge >= 0.3 is 12.1 Å². The summed E-state index contributed by atoms with van der Waals surface area (Å²) >= 11 is 0. The molecule has 2 aromatic heterocycles. The fourth-order valence-corrected chi connectivity index (χ4v) is 3.24. The quantitative estimate of drug-likeness (QED) is 0.649.